The van der Waals surface area contributed by atoms with Gasteiger partial charge in [-0.05, 0) is 15.9 Å². The molecule has 0 saturated carbocycles. The number of anilines is 1. The fourth-order valence-corrected chi connectivity index (χ4v) is 1.75. The second-order valence-corrected chi connectivity index (χ2v) is 4.20. The lowest BCUT2D eigenvalue weighted by atomic mass is 10.4. The largest absolute Gasteiger partial charge is 0.394 e. The molecular weight excluding hydrogens is 306 g/mol. The molecule has 1 aromatic rings. The van der Waals surface area contributed by atoms with E-state index >= 15 is 0 Å². The Labute approximate surface area is 113 Å². The van der Waals surface area contributed by atoms with Crippen LogP contribution < -0.4 is 10.9 Å². The third kappa shape index (κ3) is 3.77. The van der Waals surface area contributed by atoms with Crippen LogP contribution in [0.5, 0.6) is 0 Å². The fraction of sp³-hybridized carbons (Fsp3) is 0.600. The average Bonchev–Trinajstić information content (AvgIpc) is 2.38. The zero-order valence-corrected chi connectivity index (χ0v) is 11.8. The molecule has 0 aliphatic carbocycles. The predicted octanol–water partition coefficient (Wildman–Crippen LogP) is 0.0289. The van der Waals surface area contributed by atoms with Crippen molar-refractivity contribution in [3.63, 3.8) is 0 Å². The average molecular weight is 322 g/mol. The Morgan fingerprint density at radius 1 is 1.56 bits per heavy atom. The molecule has 0 aliphatic rings. The Morgan fingerprint density at radius 2 is 2.22 bits per heavy atom. The SMILES string of the molecule is COC(CNc1cnn(CCO)c(=O)c1Br)OC. The van der Waals surface area contributed by atoms with Crippen LogP contribution in [0, 0.1) is 0 Å². The highest BCUT2D eigenvalue weighted by Crippen LogP contribution is 2.16. The van der Waals surface area contributed by atoms with Gasteiger partial charge in [-0.1, -0.05) is 0 Å². The molecule has 0 saturated heterocycles. The van der Waals surface area contributed by atoms with Crippen molar-refractivity contribution < 1.29 is 14.6 Å². The summed E-state index contributed by atoms with van der Waals surface area (Å²) in [4.78, 5) is 11.8. The third-order valence-corrected chi connectivity index (χ3v) is 3.05. The molecule has 8 heteroatoms. The van der Waals surface area contributed by atoms with Gasteiger partial charge in [-0.2, -0.15) is 5.10 Å². The molecule has 0 radical (unpaired) electrons. The summed E-state index contributed by atoms with van der Waals surface area (Å²) in [5.74, 6) is 0. The molecule has 1 rings (SSSR count). The zero-order chi connectivity index (χ0) is 13.5. The number of halogens is 1. The second-order valence-electron chi connectivity index (χ2n) is 3.41. The van der Waals surface area contributed by atoms with Crippen LogP contribution in [0.25, 0.3) is 0 Å². The lowest BCUT2D eigenvalue weighted by molar-refractivity contribution is -0.0914. The lowest BCUT2D eigenvalue weighted by Crippen LogP contribution is -2.28. The number of nitrogens with zero attached hydrogens (tertiary/aromatic N) is 2. The van der Waals surface area contributed by atoms with Crippen molar-refractivity contribution in [2.75, 3.05) is 32.7 Å². The predicted molar refractivity (Wildman–Crippen MR) is 69.6 cm³/mol. The Balaban J connectivity index is 2.79. The normalized spacial score (nSPS) is 10.9. The molecule has 18 heavy (non-hydrogen) atoms. The number of aliphatic hydroxyl groups is 1. The van der Waals surface area contributed by atoms with Gasteiger partial charge in [0.2, 0.25) is 0 Å². The summed E-state index contributed by atoms with van der Waals surface area (Å²) >= 11 is 3.20. The Morgan fingerprint density at radius 3 is 2.78 bits per heavy atom. The van der Waals surface area contributed by atoms with Crippen molar-refractivity contribution >= 4 is 21.6 Å². The third-order valence-electron chi connectivity index (χ3n) is 2.28. The molecule has 0 amide bonds. The summed E-state index contributed by atoms with van der Waals surface area (Å²) in [5, 5.41) is 15.7. The first-order chi connectivity index (χ1) is 8.63. The van der Waals surface area contributed by atoms with Crippen LogP contribution >= 0.6 is 15.9 Å². The number of aliphatic hydroxyl groups excluding tert-OH is 1. The van der Waals surface area contributed by atoms with Crippen LogP contribution in [0.2, 0.25) is 0 Å². The van der Waals surface area contributed by atoms with Gasteiger partial charge in [0.15, 0.2) is 6.29 Å². The molecule has 0 unspecified atom stereocenters. The van der Waals surface area contributed by atoms with Crippen molar-refractivity contribution in [3.8, 4) is 0 Å². The zero-order valence-electron chi connectivity index (χ0n) is 10.2. The van der Waals surface area contributed by atoms with Gasteiger partial charge >= 0.3 is 0 Å². The van der Waals surface area contributed by atoms with Gasteiger partial charge < -0.3 is 19.9 Å². The molecule has 0 atom stereocenters. The molecule has 1 aromatic heterocycles. The number of hydrogen-bond acceptors (Lipinski definition) is 6. The Kier molecular flexibility index (Phi) is 6.27. The van der Waals surface area contributed by atoms with Gasteiger partial charge in [-0.15, -0.1) is 0 Å². The van der Waals surface area contributed by atoms with Gasteiger partial charge in [-0.25, -0.2) is 4.68 Å². The van der Waals surface area contributed by atoms with Crippen LogP contribution in [0.15, 0.2) is 15.5 Å². The van der Waals surface area contributed by atoms with Crippen LogP contribution in [0.1, 0.15) is 0 Å². The highest BCUT2D eigenvalue weighted by Gasteiger charge is 2.10. The topological polar surface area (TPSA) is 85.6 Å². The smallest absolute Gasteiger partial charge is 0.283 e. The van der Waals surface area contributed by atoms with Gasteiger partial charge in [0.05, 0.1) is 31.6 Å². The van der Waals surface area contributed by atoms with E-state index in [2.05, 4.69) is 26.3 Å². The maximum Gasteiger partial charge on any atom is 0.283 e. The molecule has 7 nitrogen and oxygen atoms in total. The first-order valence-electron chi connectivity index (χ1n) is 5.30. The van der Waals surface area contributed by atoms with E-state index in [-0.39, 0.29) is 18.7 Å². The lowest BCUT2D eigenvalue weighted by Gasteiger charge is -2.15. The maximum absolute atomic E-state index is 11.8. The highest BCUT2D eigenvalue weighted by atomic mass is 79.9. The summed E-state index contributed by atoms with van der Waals surface area (Å²) in [6, 6.07) is 0. The van der Waals surface area contributed by atoms with E-state index in [1.165, 1.54) is 25.1 Å². The maximum atomic E-state index is 11.8. The number of rotatable bonds is 7. The van der Waals surface area contributed by atoms with Crippen LogP contribution in [-0.2, 0) is 16.0 Å². The molecule has 102 valence electrons. The summed E-state index contributed by atoms with van der Waals surface area (Å²) in [5.41, 5.74) is 0.244. The first-order valence-corrected chi connectivity index (χ1v) is 6.09. The van der Waals surface area contributed by atoms with E-state index in [4.69, 9.17) is 14.6 Å². The van der Waals surface area contributed by atoms with Gasteiger partial charge in [-0.3, -0.25) is 4.79 Å². The van der Waals surface area contributed by atoms with E-state index in [0.29, 0.717) is 16.7 Å². The minimum Gasteiger partial charge on any atom is -0.394 e. The number of methoxy groups -OCH3 is 2. The summed E-state index contributed by atoms with van der Waals surface area (Å²) in [7, 11) is 3.06. The van der Waals surface area contributed by atoms with E-state index in [1.54, 1.807) is 0 Å². The van der Waals surface area contributed by atoms with Gasteiger partial charge in [0, 0.05) is 14.2 Å². The number of ether oxygens (including phenoxy) is 2. The van der Waals surface area contributed by atoms with E-state index in [9.17, 15) is 4.79 Å². The first kappa shape index (κ1) is 15.1. The molecule has 0 aromatic carbocycles. The summed E-state index contributed by atoms with van der Waals surface area (Å²) in [6.45, 7) is 0.411. The number of nitrogens with one attached hydrogen (secondary N) is 1. The van der Waals surface area contributed by atoms with Crippen molar-refractivity contribution in [2.24, 2.45) is 0 Å². The molecule has 0 fully saturated rings. The molecule has 0 bridgehead atoms. The van der Waals surface area contributed by atoms with Gasteiger partial charge in [0.25, 0.3) is 5.56 Å². The van der Waals surface area contributed by atoms with E-state index in [1.807, 2.05) is 0 Å². The number of aromatic nitrogens is 2. The van der Waals surface area contributed by atoms with E-state index < -0.39 is 6.29 Å². The van der Waals surface area contributed by atoms with Crippen molar-refractivity contribution in [3.05, 3.63) is 21.0 Å². The second kappa shape index (κ2) is 7.47. The highest BCUT2D eigenvalue weighted by molar-refractivity contribution is 9.10. The van der Waals surface area contributed by atoms with Gasteiger partial charge in [0.1, 0.15) is 4.47 Å². The van der Waals surface area contributed by atoms with Crippen molar-refractivity contribution in [1.82, 2.24) is 9.78 Å². The molecular formula is C10H16BrN3O4. The quantitative estimate of drug-likeness (QED) is 0.689. The van der Waals surface area contributed by atoms with Crippen LogP contribution in [0.4, 0.5) is 5.69 Å². The fourth-order valence-electron chi connectivity index (χ4n) is 1.30. The van der Waals surface area contributed by atoms with Crippen molar-refractivity contribution in [2.45, 2.75) is 12.8 Å². The molecule has 0 spiro atoms. The van der Waals surface area contributed by atoms with Crippen LogP contribution in [0.3, 0.4) is 0 Å². The minimum atomic E-state index is -0.406. The van der Waals surface area contributed by atoms with Crippen molar-refractivity contribution in [1.29, 1.82) is 0 Å². The molecule has 0 aliphatic heterocycles. The summed E-state index contributed by atoms with van der Waals surface area (Å²) in [6.07, 6.45) is 1.10. The monoisotopic (exact) mass is 321 g/mol. The summed E-state index contributed by atoms with van der Waals surface area (Å²) < 4.78 is 11.6. The number of hydrogen-bond donors (Lipinski definition) is 2. The Bertz CT molecular complexity index is 434. The minimum absolute atomic E-state index is 0.137. The van der Waals surface area contributed by atoms with E-state index in [0.717, 1.165) is 0 Å². The molecule has 2 N–H and O–H groups in total. The van der Waals surface area contributed by atoms with Crippen LogP contribution in [-0.4, -0.2) is 48.5 Å². The molecule has 1 heterocycles. The standard InChI is InChI=1S/C10H16BrN3O4/c1-17-8(18-2)6-12-7-5-13-14(3-4-15)10(16)9(7)11/h5,8,12,15H,3-4,6H2,1-2H3. The Hall–Kier alpha value is -0.960.